The fraction of sp³-hybridized carbons (Fsp3) is 0.385. The first-order valence-electron chi connectivity index (χ1n) is 12.5. The maximum atomic E-state index is 11.9. The number of thiazole rings is 1. The van der Waals surface area contributed by atoms with E-state index >= 15 is 0 Å². The average molecular weight is 556 g/mol. The normalized spacial score (nSPS) is 15.4. The number of imidazole rings is 1. The number of likely N-dealkylation sites (N-methyl/N-ethyl adjacent to an activating group) is 1. The van der Waals surface area contributed by atoms with E-state index in [1.54, 1.807) is 6.07 Å². The van der Waals surface area contributed by atoms with Gasteiger partial charge < -0.3 is 19.5 Å². The second-order valence-corrected chi connectivity index (χ2v) is 12.3. The molecule has 4 aromatic rings. The van der Waals surface area contributed by atoms with E-state index in [1.807, 2.05) is 19.2 Å². The van der Waals surface area contributed by atoms with Crippen LogP contribution in [0.3, 0.4) is 0 Å². The molecule has 0 amide bonds. The lowest BCUT2D eigenvalue weighted by molar-refractivity contribution is 0.144. The number of nitrogens with zero attached hydrogens (tertiary/aromatic N) is 5. The number of piperazine rings is 1. The monoisotopic (exact) mass is 555 g/mol. The van der Waals surface area contributed by atoms with E-state index < -0.39 is 10.0 Å². The van der Waals surface area contributed by atoms with E-state index in [0.29, 0.717) is 16.6 Å². The molecule has 1 aliphatic rings. The van der Waals surface area contributed by atoms with Crippen LogP contribution < -0.4 is 15.2 Å². The molecule has 3 heterocycles. The summed E-state index contributed by atoms with van der Waals surface area (Å²) >= 11 is 1.42. The lowest BCUT2D eigenvalue weighted by Gasteiger charge is -2.31. The van der Waals surface area contributed by atoms with Crippen LogP contribution in [-0.4, -0.2) is 72.1 Å². The van der Waals surface area contributed by atoms with E-state index in [0.717, 1.165) is 60.8 Å². The van der Waals surface area contributed by atoms with Crippen molar-refractivity contribution in [1.82, 2.24) is 24.3 Å². The Morgan fingerprint density at radius 3 is 2.55 bits per heavy atom. The van der Waals surface area contributed by atoms with E-state index in [1.165, 1.54) is 23.5 Å². The molecule has 0 atom stereocenters. The molecule has 0 aliphatic carbocycles. The Hall–Kier alpha value is -3.03. The second kappa shape index (κ2) is 10.6. The van der Waals surface area contributed by atoms with Crippen molar-refractivity contribution in [3.63, 3.8) is 0 Å². The Labute approximate surface area is 227 Å². The van der Waals surface area contributed by atoms with Crippen molar-refractivity contribution in [3.05, 3.63) is 47.6 Å². The molecule has 2 aromatic carbocycles. The number of primary sulfonamides is 1. The third-order valence-corrected chi connectivity index (χ3v) is 8.29. The Bertz CT molecular complexity index is 1550. The summed E-state index contributed by atoms with van der Waals surface area (Å²) in [5, 5.41) is 11.1. The first kappa shape index (κ1) is 26.6. The first-order chi connectivity index (χ1) is 18.1. The molecular formula is C26H33N7O3S2. The van der Waals surface area contributed by atoms with Crippen LogP contribution in [0.25, 0.3) is 22.3 Å². The molecular weight excluding hydrogens is 522 g/mol. The average Bonchev–Trinajstić information content (AvgIpc) is 3.45. The first-order valence-corrected chi connectivity index (χ1v) is 14.9. The van der Waals surface area contributed by atoms with Crippen LogP contribution in [0.5, 0.6) is 5.75 Å². The molecule has 1 saturated heterocycles. The zero-order valence-corrected chi connectivity index (χ0v) is 23.6. The fourth-order valence-electron chi connectivity index (χ4n) is 4.48. The van der Waals surface area contributed by atoms with Crippen molar-refractivity contribution in [2.24, 2.45) is 12.2 Å². The quantitative estimate of drug-likeness (QED) is 0.338. The number of benzene rings is 2. The van der Waals surface area contributed by atoms with Gasteiger partial charge in [-0.25, -0.2) is 23.5 Å². The summed E-state index contributed by atoms with van der Waals surface area (Å²) < 4.78 is 31.8. The number of rotatable bonds is 8. The molecule has 5 rings (SSSR count). The van der Waals surface area contributed by atoms with Gasteiger partial charge in [-0.2, -0.15) is 0 Å². The fourth-order valence-corrected chi connectivity index (χ4v) is 5.75. The molecule has 1 aliphatic heterocycles. The molecule has 3 N–H and O–H groups in total. The van der Waals surface area contributed by atoms with Crippen molar-refractivity contribution in [2.45, 2.75) is 31.4 Å². The van der Waals surface area contributed by atoms with Crippen LogP contribution in [0.1, 0.15) is 19.7 Å². The minimum atomic E-state index is -3.86. The summed E-state index contributed by atoms with van der Waals surface area (Å²) in [4.78, 5) is 14.5. The number of anilines is 2. The van der Waals surface area contributed by atoms with Gasteiger partial charge in [0.2, 0.25) is 10.0 Å². The third-order valence-electron chi connectivity index (χ3n) is 6.62. The van der Waals surface area contributed by atoms with Crippen LogP contribution >= 0.6 is 11.3 Å². The smallest absolute Gasteiger partial charge is 0.238 e. The van der Waals surface area contributed by atoms with Crippen molar-refractivity contribution in [1.29, 1.82) is 0 Å². The number of nitrogens with one attached hydrogen (secondary N) is 1. The molecule has 0 saturated carbocycles. The summed E-state index contributed by atoms with van der Waals surface area (Å²) in [7, 11) is 0.366. The zero-order chi connectivity index (χ0) is 27.0. The summed E-state index contributed by atoms with van der Waals surface area (Å²) in [6.07, 6.45) is -0.0889. The van der Waals surface area contributed by atoms with Gasteiger partial charge in [-0.05, 0) is 51.2 Å². The molecule has 10 nitrogen and oxygen atoms in total. The van der Waals surface area contributed by atoms with Crippen molar-refractivity contribution in [2.75, 3.05) is 38.5 Å². The number of hydrogen-bond donors (Lipinski definition) is 2. The van der Waals surface area contributed by atoms with E-state index in [-0.39, 0.29) is 11.0 Å². The summed E-state index contributed by atoms with van der Waals surface area (Å²) in [6, 6.07) is 10.7. The lowest BCUT2D eigenvalue weighted by Crippen LogP contribution is -2.44. The standard InChI is InChI=1S/C26H33N7O3S2/c1-17(2)36-24-8-6-19(38(27,34)35)14-21(24)29-26-30-22(16-37-26)18-5-7-23-20(13-18)28-25(32(23)4)15-33-11-9-31(3)10-12-33/h5-8,13-14,16-17H,9-12,15H2,1-4H3,(H,29,30)(H2,27,34,35). The van der Waals surface area contributed by atoms with Crippen molar-refractivity contribution >= 4 is 43.2 Å². The topological polar surface area (TPSA) is 119 Å². The van der Waals surface area contributed by atoms with Crippen LogP contribution in [0, 0.1) is 0 Å². The van der Waals surface area contributed by atoms with Gasteiger partial charge in [-0.3, -0.25) is 4.90 Å². The van der Waals surface area contributed by atoms with Gasteiger partial charge in [0.15, 0.2) is 5.13 Å². The van der Waals surface area contributed by atoms with Crippen LogP contribution in [0.15, 0.2) is 46.7 Å². The van der Waals surface area contributed by atoms with E-state index in [4.69, 9.17) is 19.8 Å². The third kappa shape index (κ3) is 5.84. The SMILES string of the molecule is CC(C)Oc1ccc(S(N)(=O)=O)cc1Nc1nc(-c2ccc3c(c2)nc(CN2CCN(C)CC2)n3C)cs1. The number of sulfonamides is 1. The Kier molecular flexibility index (Phi) is 7.43. The molecule has 1 fully saturated rings. The van der Waals surface area contributed by atoms with Crippen LogP contribution in [0.4, 0.5) is 10.8 Å². The Morgan fingerprint density at radius 2 is 1.84 bits per heavy atom. The van der Waals surface area contributed by atoms with Gasteiger partial charge in [-0.15, -0.1) is 11.3 Å². The van der Waals surface area contributed by atoms with E-state index in [9.17, 15) is 8.42 Å². The van der Waals surface area contributed by atoms with Crippen molar-refractivity contribution < 1.29 is 13.2 Å². The highest BCUT2D eigenvalue weighted by Gasteiger charge is 2.18. The lowest BCUT2D eigenvalue weighted by atomic mass is 10.1. The maximum Gasteiger partial charge on any atom is 0.238 e. The predicted molar refractivity (Wildman–Crippen MR) is 151 cm³/mol. The molecule has 12 heteroatoms. The number of ether oxygens (including phenoxy) is 1. The highest BCUT2D eigenvalue weighted by molar-refractivity contribution is 7.89. The van der Waals surface area contributed by atoms with Crippen LogP contribution in [-0.2, 0) is 23.6 Å². The van der Waals surface area contributed by atoms with Crippen LogP contribution in [0.2, 0.25) is 0 Å². The van der Waals surface area contributed by atoms with E-state index in [2.05, 4.69) is 52.0 Å². The molecule has 0 unspecified atom stereocenters. The number of fused-ring (bicyclic) bond motifs is 1. The van der Waals surface area contributed by atoms with Gasteiger partial charge in [0, 0.05) is 44.2 Å². The van der Waals surface area contributed by atoms with Gasteiger partial charge in [0.1, 0.15) is 11.6 Å². The highest BCUT2D eigenvalue weighted by atomic mass is 32.2. The molecule has 0 radical (unpaired) electrons. The van der Waals surface area contributed by atoms with Gasteiger partial charge in [0.25, 0.3) is 0 Å². The minimum absolute atomic E-state index is 0.000803. The van der Waals surface area contributed by atoms with Gasteiger partial charge in [-0.1, -0.05) is 6.07 Å². The number of nitrogens with two attached hydrogens (primary N) is 1. The summed E-state index contributed by atoms with van der Waals surface area (Å²) in [6.45, 7) is 8.88. The molecule has 2 aromatic heterocycles. The predicted octanol–water partition coefficient (Wildman–Crippen LogP) is 3.62. The largest absolute Gasteiger partial charge is 0.489 e. The van der Waals surface area contributed by atoms with Gasteiger partial charge in [0.05, 0.1) is 40.0 Å². The summed E-state index contributed by atoms with van der Waals surface area (Å²) in [5.74, 6) is 1.57. The Balaban J connectivity index is 1.38. The zero-order valence-electron chi connectivity index (χ0n) is 22.0. The maximum absolute atomic E-state index is 11.9. The second-order valence-electron chi connectivity index (χ2n) is 9.90. The molecule has 0 bridgehead atoms. The number of aromatic nitrogens is 3. The minimum Gasteiger partial charge on any atom is -0.489 e. The molecule has 0 spiro atoms. The number of aryl methyl sites for hydroxylation is 1. The van der Waals surface area contributed by atoms with Crippen molar-refractivity contribution in [3.8, 4) is 17.0 Å². The number of hydrogen-bond acceptors (Lipinski definition) is 9. The molecule has 202 valence electrons. The summed E-state index contributed by atoms with van der Waals surface area (Å²) in [5.41, 5.74) is 4.27. The Morgan fingerprint density at radius 1 is 1.08 bits per heavy atom. The molecule has 38 heavy (non-hydrogen) atoms. The van der Waals surface area contributed by atoms with Gasteiger partial charge >= 0.3 is 0 Å². The highest BCUT2D eigenvalue weighted by Crippen LogP contribution is 2.34.